The minimum absolute atomic E-state index is 0.150. The van der Waals surface area contributed by atoms with Gasteiger partial charge in [0.1, 0.15) is 11.6 Å². The smallest absolute Gasteiger partial charge is 0.258 e. The van der Waals surface area contributed by atoms with Gasteiger partial charge in [0.25, 0.3) is 5.56 Å². The maximum absolute atomic E-state index is 12.9. The first-order valence-corrected chi connectivity index (χ1v) is 8.63. The number of carbonyl (C=O) groups excluding carboxylic acids is 1. The number of anilines is 1. The van der Waals surface area contributed by atoms with Gasteiger partial charge in [-0.3, -0.25) is 19.0 Å². The number of hydrogen-bond donors (Lipinski definition) is 2. The standard InChI is InChI=1S/C20H16N4O3/c1-27-15-9-5-2-6-11(15)12-10-16(25)22-18-17(12)19(26)23-20-21-13-7-3-4-8-14(13)24(18)20/h2-9,12H,10H2,1H3,(H,22,25)(H,21,23,26). The SMILES string of the molecule is COc1ccccc1C1CC(=O)Nc2c1c(=O)[nH]c1nc3ccccc3n21. The number of methoxy groups -OCH3 is 1. The van der Waals surface area contributed by atoms with Gasteiger partial charge in [0.15, 0.2) is 0 Å². The highest BCUT2D eigenvalue weighted by Gasteiger charge is 2.33. The minimum atomic E-state index is -0.404. The summed E-state index contributed by atoms with van der Waals surface area (Å²) in [6, 6.07) is 15.0. The lowest BCUT2D eigenvalue weighted by atomic mass is 9.86. The van der Waals surface area contributed by atoms with Crippen LogP contribution < -0.4 is 15.6 Å². The second-order valence-corrected chi connectivity index (χ2v) is 6.52. The van der Waals surface area contributed by atoms with E-state index in [0.29, 0.717) is 22.9 Å². The average molecular weight is 360 g/mol. The molecule has 134 valence electrons. The number of aromatic nitrogens is 3. The molecule has 2 N–H and O–H groups in total. The van der Waals surface area contributed by atoms with Crippen molar-refractivity contribution in [2.45, 2.75) is 12.3 Å². The first-order chi connectivity index (χ1) is 13.2. The van der Waals surface area contributed by atoms with Gasteiger partial charge in [-0.05, 0) is 18.2 Å². The van der Waals surface area contributed by atoms with E-state index in [1.165, 1.54) is 0 Å². The summed E-state index contributed by atoms with van der Waals surface area (Å²) in [6.45, 7) is 0. The number of imidazole rings is 1. The number of aromatic amines is 1. The van der Waals surface area contributed by atoms with E-state index in [-0.39, 0.29) is 17.9 Å². The molecule has 7 nitrogen and oxygen atoms in total. The molecular formula is C20H16N4O3. The Bertz CT molecular complexity index is 1270. The highest BCUT2D eigenvalue weighted by molar-refractivity contribution is 5.96. The van der Waals surface area contributed by atoms with Gasteiger partial charge in [-0.25, -0.2) is 4.98 Å². The van der Waals surface area contributed by atoms with Crippen LogP contribution in [0.25, 0.3) is 16.8 Å². The summed E-state index contributed by atoms with van der Waals surface area (Å²) in [5, 5.41) is 2.88. The molecule has 0 fully saturated rings. The van der Waals surface area contributed by atoms with E-state index in [9.17, 15) is 9.59 Å². The molecule has 7 heteroatoms. The Hall–Kier alpha value is -3.61. The third kappa shape index (κ3) is 2.25. The van der Waals surface area contributed by atoms with Crippen LogP contribution >= 0.6 is 0 Å². The highest BCUT2D eigenvalue weighted by atomic mass is 16.5. The number of H-pyrrole nitrogens is 1. The molecular weight excluding hydrogens is 344 g/mol. The summed E-state index contributed by atoms with van der Waals surface area (Å²) in [4.78, 5) is 32.8. The van der Waals surface area contributed by atoms with E-state index in [0.717, 1.165) is 16.6 Å². The number of benzene rings is 2. The summed E-state index contributed by atoms with van der Waals surface area (Å²) in [7, 11) is 1.58. The number of rotatable bonds is 2. The van der Waals surface area contributed by atoms with Gasteiger partial charge in [0, 0.05) is 17.9 Å². The zero-order chi connectivity index (χ0) is 18.5. The fourth-order valence-corrected chi connectivity index (χ4v) is 3.87. The molecule has 4 aromatic rings. The second-order valence-electron chi connectivity index (χ2n) is 6.52. The molecule has 3 heterocycles. The molecule has 1 amide bonds. The number of para-hydroxylation sites is 3. The van der Waals surface area contributed by atoms with Crippen LogP contribution in [0.4, 0.5) is 5.82 Å². The molecule has 0 radical (unpaired) electrons. The Kier molecular flexibility index (Phi) is 3.30. The van der Waals surface area contributed by atoms with Crippen LogP contribution in [-0.4, -0.2) is 27.4 Å². The number of nitrogens with zero attached hydrogens (tertiary/aromatic N) is 2. The Balaban J connectivity index is 1.87. The molecule has 2 aromatic carbocycles. The normalized spacial score (nSPS) is 16.3. The molecule has 0 saturated heterocycles. The van der Waals surface area contributed by atoms with Crippen LogP contribution in [0, 0.1) is 0 Å². The molecule has 1 unspecified atom stereocenters. The van der Waals surface area contributed by atoms with Gasteiger partial charge >= 0.3 is 0 Å². The molecule has 0 spiro atoms. The number of amides is 1. The van der Waals surface area contributed by atoms with E-state index in [2.05, 4.69) is 15.3 Å². The van der Waals surface area contributed by atoms with Gasteiger partial charge in [-0.1, -0.05) is 30.3 Å². The molecule has 5 rings (SSSR count). The summed E-state index contributed by atoms with van der Waals surface area (Å²) in [5.41, 5.74) is 2.63. The Labute approximate surface area is 153 Å². The number of carbonyl (C=O) groups is 1. The first-order valence-electron chi connectivity index (χ1n) is 8.63. The summed E-state index contributed by atoms with van der Waals surface area (Å²) in [6.07, 6.45) is 0.175. The number of nitrogens with one attached hydrogen (secondary N) is 2. The van der Waals surface area contributed by atoms with Crippen molar-refractivity contribution in [3.8, 4) is 5.75 Å². The fourth-order valence-electron chi connectivity index (χ4n) is 3.87. The van der Waals surface area contributed by atoms with Crippen molar-refractivity contribution >= 4 is 28.5 Å². The quantitative estimate of drug-likeness (QED) is 0.575. The summed E-state index contributed by atoms with van der Waals surface area (Å²) in [5.74, 6) is 0.968. The second kappa shape index (κ2) is 5.70. The van der Waals surface area contributed by atoms with E-state index < -0.39 is 5.92 Å². The van der Waals surface area contributed by atoms with Crippen molar-refractivity contribution in [1.82, 2.24) is 14.4 Å². The van der Waals surface area contributed by atoms with E-state index in [1.807, 2.05) is 48.5 Å². The zero-order valence-corrected chi connectivity index (χ0v) is 14.5. The number of ether oxygens (including phenoxy) is 1. The molecule has 0 aliphatic carbocycles. The van der Waals surface area contributed by atoms with Crippen molar-refractivity contribution in [2.75, 3.05) is 12.4 Å². The predicted octanol–water partition coefficient (Wildman–Crippen LogP) is 2.66. The molecule has 1 atom stereocenters. The van der Waals surface area contributed by atoms with Crippen LogP contribution in [0.3, 0.4) is 0 Å². The number of fused-ring (bicyclic) bond motifs is 5. The lowest BCUT2D eigenvalue weighted by molar-refractivity contribution is -0.116. The third-order valence-corrected chi connectivity index (χ3v) is 5.02. The van der Waals surface area contributed by atoms with E-state index in [4.69, 9.17) is 4.74 Å². The maximum atomic E-state index is 12.9. The molecule has 27 heavy (non-hydrogen) atoms. The largest absolute Gasteiger partial charge is 0.496 e. The Morgan fingerprint density at radius 2 is 1.89 bits per heavy atom. The van der Waals surface area contributed by atoms with Crippen molar-refractivity contribution < 1.29 is 9.53 Å². The Morgan fingerprint density at radius 1 is 1.11 bits per heavy atom. The van der Waals surface area contributed by atoms with Crippen LogP contribution in [0.5, 0.6) is 5.75 Å². The lowest BCUT2D eigenvalue weighted by Gasteiger charge is -2.26. The number of hydrogen-bond acceptors (Lipinski definition) is 4. The van der Waals surface area contributed by atoms with Crippen molar-refractivity contribution in [3.05, 3.63) is 70.0 Å². The van der Waals surface area contributed by atoms with Crippen molar-refractivity contribution in [3.63, 3.8) is 0 Å². The van der Waals surface area contributed by atoms with E-state index >= 15 is 0 Å². The average Bonchev–Trinajstić information content (AvgIpc) is 3.05. The predicted molar refractivity (Wildman–Crippen MR) is 101 cm³/mol. The fraction of sp³-hybridized carbons (Fsp3) is 0.150. The summed E-state index contributed by atoms with van der Waals surface area (Å²) < 4.78 is 7.27. The maximum Gasteiger partial charge on any atom is 0.258 e. The summed E-state index contributed by atoms with van der Waals surface area (Å²) >= 11 is 0. The molecule has 1 aliphatic rings. The molecule has 2 aromatic heterocycles. The topological polar surface area (TPSA) is 88.5 Å². The zero-order valence-electron chi connectivity index (χ0n) is 14.5. The van der Waals surface area contributed by atoms with E-state index in [1.54, 1.807) is 11.5 Å². The first kappa shape index (κ1) is 15.6. The van der Waals surface area contributed by atoms with Gasteiger partial charge < -0.3 is 10.1 Å². The Morgan fingerprint density at radius 3 is 2.74 bits per heavy atom. The molecule has 0 saturated carbocycles. The van der Waals surface area contributed by atoms with Crippen LogP contribution in [-0.2, 0) is 4.79 Å². The van der Waals surface area contributed by atoms with Crippen LogP contribution in [0.15, 0.2) is 53.3 Å². The van der Waals surface area contributed by atoms with Crippen LogP contribution in [0.1, 0.15) is 23.5 Å². The monoisotopic (exact) mass is 360 g/mol. The molecule has 0 bridgehead atoms. The van der Waals surface area contributed by atoms with Crippen molar-refractivity contribution in [1.29, 1.82) is 0 Å². The van der Waals surface area contributed by atoms with Gasteiger partial charge in [0.2, 0.25) is 11.7 Å². The third-order valence-electron chi connectivity index (χ3n) is 5.02. The van der Waals surface area contributed by atoms with Crippen LogP contribution in [0.2, 0.25) is 0 Å². The molecule has 1 aliphatic heterocycles. The minimum Gasteiger partial charge on any atom is -0.496 e. The lowest BCUT2D eigenvalue weighted by Crippen LogP contribution is -2.32. The van der Waals surface area contributed by atoms with Gasteiger partial charge in [-0.2, -0.15) is 0 Å². The van der Waals surface area contributed by atoms with Gasteiger partial charge in [0.05, 0.1) is 23.7 Å². The highest BCUT2D eigenvalue weighted by Crippen LogP contribution is 2.39. The van der Waals surface area contributed by atoms with Crippen molar-refractivity contribution in [2.24, 2.45) is 0 Å². The van der Waals surface area contributed by atoms with Gasteiger partial charge in [-0.15, -0.1) is 0 Å².